The zero-order chi connectivity index (χ0) is 18.3. The quantitative estimate of drug-likeness (QED) is 0.839. The molecule has 0 radical (unpaired) electrons. The number of aromatic nitrogens is 4. The van der Waals surface area contributed by atoms with Gasteiger partial charge in [0.2, 0.25) is 0 Å². The fourth-order valence-corrected chi connectivity index (χ4v) is 3.79. The number of rotatable bonds is 3. The molecule has 0 atom stereocenters. The van der Waals surface area contributed by atoms with Crippen molar-refractivity contribution in [3.63, 3.8) is 0 Å². The molecule has 26 heavy (non-hydrogen) atoms. The Labute approximate surface area is 151 Å². The summed E-state index contributed by atoms with van der Waals surface area (Å²) in [7, 11) is 0. The minimum Gasteiger partial charge on any atom is -0.353 e. The SMILES string of the molecule is Cc1nc(C(F)F)cc(N2CCN(c3nc(C)nc4c3CCC4)CC2)n1. The number of fused-ring (bicyclic) bond motifs is 1. The molecular weight excluding hydrogens is 338 g/mol. The Morgan fingerprint density at radius 2 is 1.58 bits per heavy atom. The third kappa shape index (κ3) is 3.20. The number of piperazine rings is 1. The summed E-state index contributed by atoms with van der Waals surface area (Å²) >= 11 is 0. The first kappa shape index (κ1) is 17.1. The summed E-state index contributed by atoms with van der Waals surface area (Å²) in [6.45, 7) is 6.60. The number of hydrogen-bond donors (Lipinski definition) is 0. The Morgan fingerprint density at radius 1 is 0.885 bits per heavy atom. The summed E-state index contributed by atoms with van der Waals surface area (Å²) in [6.07, 6.45) is 0.621. The van der Waals surface area contributed by atoms with Gasteiger partial charge in [-0.3, -0.25) is 0 Å². The van der Waals surface area contributed by atoms with Crippen LogP contribution in [-0.2, 0) is 12.8 Å². The van der Waals surface area contributed by atoms with Gasteiger partial charge >= 0.3 is 0 Å². The highest BCUT2D eigenvalue weighted by Gasteiger charge is 2.26. The van der Waals surface area contributed by atoms with Crippen LogP contribution in [0.1, 0.15) is 41.4 Å². The first-order valence-electron chi connectivity index (χ1n) is 9.01. The monoisotopic (exact) mass is 360 g/mol. The molecule has 1 aliphatic heterocycles. The summed E-state index contributed by atoms with van der Waals surface area (Å²) < 4.78 is 26.0. The highest BCUT2D eigenvalue weighted by molar-refractivity contribution is 5.53. The lowest BCUT2D eigenvalue weighted by Crippen LogP contribution is -2.47. The van der Waals surface area contributed by atoms with Gasteiger partial charge < -0.3 is 9.80 Å². The third-order valence-corrected chi connectivity index (χ3v) is 4.99. The number of anilines is 2. The first-order chi connectivity index (χ1) is 12.5. The minimum absolute atomic E-state index is 0.209. The van der Waals surface area contributed by atoms with Gasteiger partial charge in [0.15, 0.2) is 0 Å². The van der Waals surface area contributed by atoms with E-state index in [1.807, 2.05) is 11.8 Å². The average Bonchev–Trinajstić information content (AvgIpc) is 3.09. The molecule has 138 valence electrons. The maximum Gasteiger partial charge on any atom is 0.280 e. The summed E-state index contributed by atoms with van der Waals surface area (Å²) in [5.74, 6) is 2.83. The fraction of sp³-hybridized carbons (Fsp3) is 0.556. The number of hydrogen-bond acceptors (Lipinski definition) is 6. The van der Waals surface area contributed by atoms with Crippen LogP contribution in [0.15, 0.2) is 6.07 Å². The summed E-state index contributed by atoms with van der Waals surface area (Å²) in [4.78, 5) is 21.8. The van der Waals surface area contributed by atoms with Gasteiger partial charge in [0.1, 0.15) is 29.0 Å². The van der Waals surface area contributed by atoms with Gasteiger partial charge in [0.05, 0.1) is 0 Å². The van der Waals surface area contributed by atoms with Crippen molar-refractivity contribution in [3.05, 3.63) is 34.7 Å². The van der Waals surface area contributed by atoms with E-state index >= 15 is 0 Å². The van der Waals surface area contributed by atoms with Crippen molar-refractivity contribution in [2.75, 3.05) is 36.0 Å². The topological polar surface area (TPSA) is 58.0 Å². The van der Waals surface area contributed by atoms with Crippen molar-refractivity contribution in [1.29, 1.82) is 0 Å². The van der Waals surface area contributed by atoms with Crippen LogP contribution in [0.4, 0.5) is 20.4 Å². The molecule has 0 aromatic carbocycles. The Morgan fingerprint density at radius 3 is 2.31 bits per heavy atom. The molecular formula is C18H22F2N6. The van der Waals surface area contributed by atoms with E-state index in [2.05, 4.69) is 24.8 Å². The Hall–Kier alpha value is -2.38. The van der Waals surface area contributed by atoms with E-state index in [-0.39, 0.29) is 5.69 Å². The van der Waals surface area contributed by atoms with Crippen LogP contribution < -0.4 is 9.80 Å². The molecule has 1 saturated heterocycles. The lowest BCUT2D eigenvalue weighted by atomic mass is 10.2. The van der Waals surface area contributed by atoms with Crippen molar-refractivity contribution in [2.24, 2.45) is 0 Å². The standard InChI is InChI=1S/C18H22F2N6/c1-11-22-15(17(19)20)10-16(23-11)25-6-8-26(9-7-25)18-13-4-3-5-14(13)21-12(2)24-18/h10,17H,3-9H2,1-2H3. The summed E-state index contributed by atoms with van der Waals surface area (Å²) in [6, 6.07) is 1.40. The van der Waals surface area contributed by atoms with Gasteiger partial charge in [-0.1, -0.05) is 0 Å². The molecule has 0 amide bonds. The van der Waals surface area contributed by atoms with E-state index in [1.165, 1.54) is 17.3 Å². The molecule has 1 fully saturated rings. The highest BCUT2D eigenvalue weighted by Crippen LogP contribution is 2.30. The number of halogens is 2. The van der Waals surface area contributed by atoms with E-state index in [1.54, 1.807) is 6.92 Å². The van der Waals surface area contributed by atoms with Crippen molar-refractivity contribution in [3.8, 4) is 0 Å². The molecule has 6 nitrogen and oxygen atoms in total. The van der Waals surface area contributed by atoms with Crippen LogP contribution in [-0.4, -0.2) is 46.1 Å². The maximum atomic E-state index is 13.0. The van der Waals surface area contributed by atoms with Gasteiger partial charge in [0, 0.05) is 43.5 Å². The number of nitrogens with zero attached hydrogens (tertiary/aromatic N) is 6. The second kappa shape index (κ2) is 6.74. The lowest BCUT2D eigenvalue weighted by molar-refractivity contribution is 0.145. The van der Waals surface area contributed by atoms with Gasteiger partial charge in [-0.25, -0.2) is 28.7 Å². The van der Waals surface area contributed by atoms with Crippen LogP contribution >= 0.6 is 0 Å². The summed E-state index contributed by atoms with van der Waals surface area (Å²) in [5.41, 5.74) is 2.25. The predicted octanol–water partition coefficient (Wildman–Crippen LogP) is 2.64. The smallest absolute Gasteiger partial charge is 0.280 e. The van der Waals surface area contributed by atoms with Crippen LogP contribution in [0.2, 0.25) is 0 Å². The Balaban J connectivity index is 1.52. The largest absolute Gasteiger partial charge is 0.353 e. The van der Waals surface area contributed by atoms with Crippen LogP contribution in [0, 0.1) is 13.8 Å². The van der Waals surface area contributed by atoms with Crippen LogP contribution in [0.25, 0.3) is 0 Å². The van der Waals surface area contributed by atoms with Crippen LogP contribution in [0.5, 0.6) is 0 Å². The summed E-state index contributed by atoms with van der Waals surface area (Å²) in [5, 5.41) is 0. The van der Waals surface area contributed by atoms with Crippen molar-refractivity contribution in [2.45, 2.75) is 39.5 Å². The average molecular weight is 360 g/mol. The van der Waals surface area contributed by atoms with Gasteiger partial charge in [-0.05, 0) is 33.1 Å². The Kier molecular flexibility index (Phi) is 4.42. The Bertz CT molecular complexity index is 818. The van der Waals surface area contributed by atoms with E-state index in [4.69, 9.17) is 0 Å². The molecule has 0 unspecified atom stereocenters. The predicted molar refractivity (Wildman–Crippen MR) is 94.9 cm³/mol. The van der Waals surface area contributed by atoms with Crippen molar-refractivity contribution in [1.82, 2.24) is 19.9 Å². The van der Waals surface area contributed by atoms with Gasteiger partial charge in [-0.2, -0.15) is 0 Å². The van der Waals surface area contributed by atoms with Gasteiger partial charge in [-0.15, -0.1) is 0 Å². The molecule has 2 aromatic heterocycles. The fourth-order valence-electron chi connectivity index (χ4n) is 3.79. The van der Waals surface area contributed by atoms with E-state index in [0.717, 1.165) is 57.1 Å². The molecule has 4 rings (SSSR count). The normalized spacial score (nSPS) is 17.1. The number of aryl methyl sites for hydroxylation is 3. The van der Waals surface area contributed by atoms with E-state index < -0.39 is 6.43 Å². The first-order valence-corrected chi connectivity index (χ1v) is 9.01. The second-order valence-electron chi connectivity index (χ2n) is 6.85. The molecule has 8 heteroatoms. The molecule has 2 aliphatic rings. The number of alkyl halides is 2. The molecule has 0 N–H and O–H groups in total. The molecule has 0 spiro atoms. The van der Waals surface area contributed by atoms with Crippen molar-refractivity contribution < 1.29 is 8.78 Å². The van der Waals surface area contributed by atoms with E-state index in [9.17, 15) is 8.78 Å². The van der Waals surface area contributed by atoms with Crippen molar-refractivity contribution >= 4 is 11.6 Å². The second-order valence-corrected chi connectivity index (χ2v) is 6.85. The minimum atomic E-state index is -2.58. The zero-order valence-electron chi connectivity index (χ0n) is 15.0. The molecule has 2 aromatic rings. The van der Waals surface area contributed by atoms with E-state index in [0.29, 0.717) is 11.6 Å². The molecule has 0 saturated carbocycles. The lowest BCUT2D eigenvalue weighted by Gasteiger charge is -2.37. The molecule has 1 aliphatic carbocycles. The molecule has 0 bridgehead atoms. The van der Waals surface area contributed by atoms with Crippen LogP contribution in [0.3, 0.4) is 0 Å². The molecule has 3 heterocycles. The maximum absolute atomic E-state index is 13.0. The highest BCUT2D eigenvalue weighted by atomic mass is 19.3. The van der Waals surface area contributed by atoms with Gasteiger partial charge in [0.25, 0.3) is 6.43 Å². The zero-order valence-corrected chi connectivity index (χ0v) is 15.0. The third-order valence-electron chi connectivity index (χ3n) is 4.99.